The summed E-state index contributed by atoms with van der Waals surface area (Å²) in [4.78, 5) is 27.5. The number of nitrogens with one attached hydrogen (secondary N) is 2. The van der Waals surface area contributed by atoms with Crippen LogP contribution in [0.5, 0.6) is 0 Å². The molecule has 1 atom stereocenters. The lowest BCUT2D eigenvalue weighted by atomic mass is 9.98. The van der Waals surface area contributed by atoms with Crippen molar-refractivity contribution < 1.29 is 9.59 Å². The molecule has 2 amide bonds. The van der Waals surface area contributed by atoms with Crippen LogP contribution in [0.2, 0.25) is 0 Å². The Morgan fingerprint density at radius 3 is 3.05 bits per heavy atom. The monoisotopic (exact) mass is 289 g/mol. The molecule has 1 aliphatic heterocycles. The van der Waals surface area contributed by atoms with Crippen LogP contribution >= 0.6 is 11.3 Å². The first-order valence-corrected chi connectivity index (χ1v) is 7.43. The summed E-state index contributed by atoms with van der Waals surface area (Å²) in [7, 11) is 0. The van der Waals surface area contributed by atoms with Crippen molar-refractivity contribution in [1.82, 2.24) is 15.6 Å². The van der Waals surface area contributed by atoms with Gasteiger partial charge in [-0.05, 0) is 18.6 Å². The fourth-order valence-corrected chi connectivity index (χ4v) is 3.17. The maximum Gasteiger partial charge on any atom is 0.225 e. The highest BCUT2D eigenvalue weighted by Crippen LogP contribution is 2.21. The van der Waals surface area contributed by atoms with Gasteiger partial charge < -0.3 is 10.6 Å². The predicted octanol–water partition coefficient (Wildman–Crippen LogP) is 1.44. The Bertz CT molecular complexity index is 610. The number of hydrogen-bond acceptors (Lipinski definition) is 4. The summed E-state index contributed by atoms with van der Waals surface area (Å²) in [6, 6.07) is 7.92. The molecule has 0 saturated carbocycles. The highest BCUT2D eigenvalue weighted by atomic mass is 32.1. The maximum atomic E-state index is 12.0. The maximum absolute atomic E-state index is 12.0. The van der Waals surface area contributed by atoms with Crippen molar-refractivity contribution in [2.45, 2.75) is 19.4 Å². The van der Waals surface area contributed by atoms with Crippen molar-refractivity contribution in [3.8, 4) is 0 Å². The van der Waals surface area contributed by atoms with E-state index in [2.05, 4.69) is 15.6 Å². The molecular weight excluding hydrogens is 274 g/mol. The minimum Gasteiger partial charge on any atom is -0.355 e. The van der Waals surface area contributed by atoms with Gasteiger partial charge >= 0.3 is 0 Å². The van der Waals surface area contributed by atoms with Crippen LogP contribution in [0.3, 0.4) is 0 Å². The van der Waals surface area contributed by atoms with Gasteiger partial charge in [-0.15, -0.1) is 11.3 Å². The van der Waals surface area contributed by atoms with Crippen molar-refractivity contribution in [2.24, 2.45) is 5.92 Å². The van der Waals surface area contributed by atoms with E-state index in [0.717, 1.165) is 15.2 Å². The summed E-state index contributed by atoms with van der Waals surface area (Å²) in [6.07, 6.45) is 1.05. The van der Waals surface area contributed by atoms with E-state index in [9.17, 15) is 9.59 Å². The van der Waals surface area contributed by atoms with E-state index in [4.69, 9.17) is 0 Å². The van der Waals surface area contributed by atoms with Gasteiger partial charge in [0.2, 0.25) is 11.8 Å². The molecule has 1 aliphatic rings. The summed E-state index contributed by atoms with van der Waals surface area (Å²) in [5.74, 6) is -0.105. The lowest BCUT2D eigenvalue weighted by Crippen LogP contribution is -2.42. The molecule has 2 N–H and O–H groups in total. The Balaban J connectivity index is 1.58. The Morgan fingerprint density at radius 2 is 2.30 bits per heavy atom. The first kappa shape index (κ1) is 13.1. The van der Waals surface area contributed by atoms with Gasteiger partial charge in [-0.25, -0.2) is 4.98 Å². The number of carbonyl (C=O) groups is 2. The van der Waals surface area contributed by atoms with Crippen molar-refractivity contribution in [2.75, 3.05) is 6.54 Å². The zero-order valence-corrected chi connectivity index (χ0v) is 11.7. The van der Waals surface area contributed by atoms with Gasteiger partial charge in [0, 0.05) is 13.0 Å². The van der Waals surface area contributed by atoms with Crippen LogP contribution in [0.1, 0.15) is 17.8 Å². The number of aromatic nitrogens is 1. The molecule has 0 spiro atoms. The van der Waals surface area contributed by atoms with E-state index in [1.807, 2.05) is 24.3 Å². The molecule has 1 saturated heterocycles. The number of nitrogens with zero attached hydrogens (tertiary/aromatic N) is 1. The third-order valence-corrected chi connectivity index (χ3v) is 4.42. The average molecular weight is 289 g/mol. The van der Waals surface area contributed by atoms with Crippen LogP contribution in [0, 0.1) is 5.92 Å². The molecule has 3 rings (SSSR count). The Hall–Kier alpha value is -1.95. The number of benzene rings is 1. The summed E-state index contributed by atoms with van der Waals surface area (Å²) >= 11 is 1.59. The normalized spacial score (nSPS) is 18.8. The molecule has 0 unspecified atom stereocenters. The largest absolute Gasteiger partial charge is 0.355 e. The minimum atomic E-state index is -0.123. The molecule has 1 fully saturated rings. The molecule has 1 aromatic heterocycles. The van der Waals surface area contributed by atoms with Crippen LogP contribution < -0.4 is 10.6 Å². The van der Waals surface area contributed by atoms with Crippen LogP contribution in [-0.4, -0.2) is 23.3 Å². The number of rotatable bonds is 3. The summed E-state index contributed by atoms with van der Waals surface area (Å²) < 4.78 is 1.13. The third kappa shape index (κ3) is 2.80. The van der Waals surface area contributed by atoms with Gasteiger partial charge in [-0.2, -0.15) is 0 Å². The van der Waals surface area contributed by atoms with Crippen molar-refractivity contribution in [1.29, 1.82) is 0 Å². The van der Waals surface area contributed by atoms with Crippen molar-refractivity contribution in [3.05, 3.63) is 29.3 Å². The zero-order valence-electron chi connectivity index (χ0n) is 10.9. The van der Waals surface area contributed by atoms with Gasteiger partial charge in [0.25, 0.3) is 0 Å². The van der Waals surface area contributed by atoms with Crippen LogP contribution in [0.25, 0.3) is 10.2 Å². The number of hydrogen-bond donors (Lipinski definition) is 2. The van der Waals surface area contributed by atoms with Gasteiger partial charge in [0.05, 0.1) is 22.7 Å². The number of para-hydroxylation sites is 1. The van der Waals surface area contributed by atoms with E-state index < -0.39 is 0 Å². The van der Waals surface area contributed by atoms with E-state index in [1.165, 1.54) is 0 Å². The summed E-state index contributed by atoms with van der Waals surface area (Å²) in [5, 5.41) is 6.52. The molecule has 6 heteroatoms. The molecular formula is C14H15N3O2S. The Labute approximate surface area is 120 Å². The Morgan fingerprint density at radius 1 is 1.45 bits per heavy atom. The highest BCUT2D eigenvalue weighted by Gasteiger charge is 2.24. The van der Waals surface area contributed by atoms with Gasteiger partial charge in [-0.1, -0.05) is 12.1 Å². The topological polar surface area (TPSA) is 71.1 Å². The van der Waals surface area contributed by atoms with E-state index in [-0.39, 0.29) is 17.7 Å². The standard InChI is InChI=1S/C14H15N3O2S/c18-12-6-5-9(7-15-12)14(19)16-8-13-17-10-3-1-2-4-11(10)20-13/h1-4,9H,5-8H2,(H,15,18)(H,16,19)/t9-/m0/s1. The molecule has 5 nitrogen and oxygen atoms in total. The summed E-state index contributed by atoms with van der Waals surface area (Å²) in [5.41, 5.74) is 0.965. The smallest absolute Gasteiger partial charge is 0.225 e. The van der Waals surface area contributed by atoms with Crippen LogP contribution in [-0.2, 0) is 16.1 Å². The molecule has 0 aliphatic carbocycles. The second-order valence-electron chi connectivity index (χ2n) is 4.83. The predicted molar refractivity (Wildman–Crippen MR) is 77.2 cm³/mol. The molecule has 20 heavy (non-hydrogen) atoms. The Kier molecular flexibility index (Phi) is 3.64. The highest BCUT2D eigenvalue weighted by molar-refractivity contribution is 7.18. The second-order valence-corrected chi connectivity index (χ2v) is 5.95. The second kappa shape index (κ2) is 5.58. The van der Waals surface area contributed by atoms with E-state index in [1.54, 1.807) is 11.3 Å². The molecule has 2 aromatic rings. The van der Waals surface area contributed by atoms with E-state index >= 15 is 0 Å². The first-order valence-electron chi connectivity index (χ1n) is 6.61. The van der Waals surface area contributed by atoms with Gasteiger partial charge in [0.1, 0.15) is 5.01 Å². The van der Waals surface area contributed by atoms with Gasteiger partial charge in [-0.3, -0.25) is 9.59 Å². The fraction of sp³-hybridized carbons (Fsp3) is 0.357. The number of piperidine rings is 1. The molecule has 0 radical (unpaired) electrons. The number of fused-ring (bicyclic) bond motifs is 1. The summed E-state index contributed by atoms with van der Waals surface area (Å²) in [6.45, 7) is 0.882. The molecule has 1 aromatic carbocycles. The minimum absolute atomic E-state index is 0.00995. The SMILES string of the molecule is O=C1CC[C@H](C(=O)NCc2nc3ccccc3s2)CN1. The molecule has 0 bridgehead atoms. The van der Waals surface area contributed by atoms with Crippen molar-refractivity contribution in [3.63, 3.8) is 0 Å². The fourth-order valence-electron chi connectivity index (χ4n) is 2.26. The third-order valence-electron chi connectivity index (χ3n) is 3.39. The van der Waals surface area contributed by atoms with E-state index in [0.29, 0.717) is 25.9 Å². The quantitative estimate of drug-likeness (QED) is 0.898. The first-order chi connectivity index (χ1) is 9.72. The average Bonchev–Trinajstić information content (AvgIpc) is 2.88. The number of carbonyl (C=O) groups excluding carboxylic acids is 2. The number of thiazole rings is 1. The lowest BCUT2D eigenvalue weighted by Gasteiger charge is -2.21. The van der Waals surface area contributed by atoms with Gasteiger partial charge in [0.15, 0.2) is 0 Å². The van der Waals surface area contributed by atoms with Crippen LogP contribution in [0.4, 0.5) is 0 Å². The zero-order chi connectivity index (χ0) is 13.9. The molecule has 104 valence electrons. The van der Waals surface area contributed by atoms with Crippen molar-refractivity contribution >= 4 is 33.4 Å². The van der Waals surface area contributed by atoms with Crippen LogP contribution in [0.15, 0.2) is 24.3 Å². The number of amides is 2. The lowest BCUT2D eigenvalue weighted by molar-refractivity contribution is -0.129. The molecule has 2 heterocycles.